The van der Waals surface area contributed by atoms with E-state index in [1.807, 2.05) is 0 Å². The van der Waals surface area contributed by atoms with Gasteiger partial charge >= 0.3 is 0 Å². The number of fused-ring (bicyclic) bond motifs is 5. The molecule has 0 amide bonds. The van der Waals surface area contributed by atoms with E-state index >= 15 is 0 Å². The fourth-order valence-corrected chi connectivity index (χ4v) is 7.70. The summed E-state index contributed by atoms with van der Waals surface area (Å²) in [7, 11) is 0. The van der Waals surface area contributed by atoms with Gasteiger partial charge in [-0.2, -0.15) is 0 Å². The second kappa shape index (κ2) is 10.6. The predicted molar refractivity (Wildman–Crippen MR) is 198 cm³/mol. The number of anilines is 3. The number of nitrogens with zero attached hydrogens (tertiary/aromatic N) is 2. The van der Waals surface area contributed by atoms with Crippen molar-refractivity contribution < 1.29 is 0 Å². The van der Waals surface area contributed by atoms with Crippen LogP contribution >= 0.6 is 0 Å². The van der Waals surface area contributed by atoms with E-state index in [0.29, 0.717) is 0 Å². The van der Waals surface area contributed by atoms with E-state index < -0.39 is 0 Å². The lowest BCUT2D eigenvalue weighted by Crippen LogP contribution is -2.30. The van der Waals surface area contributed by atoms with Crippen LogP contribution in [0.1, 0.15) is 25.0 Å². The van der Waals surface area contributed by atoms with Crippen molar-refractivity contribution in [2.24, 2.45) is 0 Å². The first kappa shape index (κ1) is 27.5. The first-order valence-electron chi connectivity index (χ1n) is 16.4. The highest BCUT2D eigenvalue weighted by Gasteiger charge is 2.36. The molecule has 9 rings (SSSR count). The average molecular weight is 603 g/mol. The molecule has 0 bridgehead atoms. The van der Waals surface area contributed by atoms with Crippen LogP contribution < -0.4 is 4.90 Å². The highest BCUT2D eigenvalue weighted by Crippen LogP contribution is 2.51. The Labute approximate surface area is 275 Å². The fraction of sp³-hybridized carbons (Fsp3) is 0.0667. The Morgan fingerprint density at radius 2 is 0.957 bits per heavy atom. The molecule has 1 aromatic heterocycles. The fourth-order valence-electron chi connectivity index (χ4n) is 7.70. The van der Waals surface area contributed by atoms with E-state index in [1.54, 1.807) is 0 Å². The summed E-state index contributed by atoms with van der Waals surface area (Å²) < 4.78 is 2.45. The Morgan fingerprint density at radius 1 is 0.426 bits per heavy atom. The molecular weight excluding hydrogens is 569 g/mol. The summed E-state index contributed by atoms with van der Waals surface area (Å²) in [6, 6.07) is 61.9. The summed E-state index contributed by atoms with van der Waals surface area (Å²) >= 11 is 0. The minimum atomic E-state index is -0.0843. The van der Waals surface area contributed by atoms with Gasteiger partial charge in [0, 0.05) is 33.1 Å². The zero-order chi connectivity index (χ0) is 31.5. The SMILES string of the molecule is CC1(C)c2ccccc2N(c2ccc(-n3c4ccccc4c4cc(-c5ccccc5)cc(-c5ccccc5)c43)cc2)c2ccccc21. The first-order valence-corrected chi connectivity index (χ1v) is 16.4. The van der Waals surface area contributed by atoms with Gasteiger partial charge in [-0.15, -0.1) is 0 Å². The van der Waals surface area contributed by atoms with Crippen LogP contribution in [0.4, 0.5) is 17.1 Å². The molecule has 8 aromatic rings. The minimum absolute atomic E-state index is 0.0843. The number of hydrogen-bond acceptors (Lipinski definition) is 1. The Kier molecular flexibility index (Phi) is 6.20. The molecule has 47 heavy (non-hydrogen) atoms. The molecule has 0 saturated heterocycles. The second-order valence-corrected chi connectivity index (χ2v) is 13.0. The van der Waals surface area contributed by atoms with Crippen molar-refractivity contribution in [2.45, 2.75) is 19.3 Å². The van der Waals surface area contributed by atoms with Gasteiger partial charge in [0.25, 0.3) is 0 Å². The van der Waals surface area contributed by atoms with E-state index in [0.717, 1.165) is 11.4 Å². The first-order chi connectivity index (χ1) is 23.1. The Bertz CT molecular complexity index is 2370. The van der Waals surface area contributed by atoms with Crippen LogP contribution in [0, 0.1) is 0 Å². The van der Waals surface area contributed by atoms with E-state index in [1.165, 1.54) is 66.6 Å². The summed E-state index contributed by atoms with van der Waals surface area (Å²) in [4.78, 5) is 2.42. The summed E-state index contributed by atoms with van der Waals surface area (Å²) in [6.07, 6.45) is 0. The molecule has 0 fully saturated rings. The molecule has 7 aromatic carbocycles. The lowest BCUT2D eigenvalue weighted by molar-refractivity contribution is 0.632. The molecule has 0 saturated carbocycles. The predicted octanol–water partition coefficient (Wildman–Crippen LogP) is 12.2. The van der Waals surface area contributed by atoms with Crippen molar-refractivity contribution in [1.82, 2.24) is 4.57 Å². The normalized spacial score (nSPS) is 13.4. The van der Waals surface area contributed by atoms with Gasteiger partial charge in [0.05, 0.1) is 22.4 Å². The molecule has 224 valence electrons. The summed E-state index contributed by atoms with van der Waals surface area (Å²) in [5, 5.41) is 2.51. The van der Waals surface area contributed by atoms with Crippen molar-refractivity contribution in [3.05, 3.63) is 181 Å². The van der Waals surface area contributed by atoms with Crippen LogP contribution in [0.2, 0.25) is 0 Å². The van der Waals surface area contributed by atoms with Crippen molar-refractivity contribution >= 4 is 38.9 Å². The zero-order valence-electron chi connectivity index (χ0n) is 26.6. The van der Waals surface area contributed by atoms with Gasteiger partial charge < -0.3 is 9.47 Å². The second-order valence-electron chi connectivity index (χ2n) is 13.0. The van der Waals surface area contributed by atoms with Crippen LogP contribution in [0.25, 0.3) is 49.7 Å². The lowest BCUT2D eigenvalue weighted by Gasteiger charge is -2.42. The highest BCUT2D eigenvalue weighted by atomic mass is 15.2. The van der Waals surface area contributed by atoms with Crippen LogP contribution in [0.5, 0.6) is 0 Å². The maximum atomic E-state index is 2.45. The molecule has 0 atom stereocenters. The summed E-state index contributed by atoms with van der Waals surface area (Å²) in [5.74, 6) is 0. The summed E-state index contributed by atoms with van der Waals surface area (Å²) in [6.45, 7) is 4.67. The third-order valence-corrected chi connectivity index (χ3v) is 9.96. The highest BCUT2D eigenvalue weighted by molar-refractivity contribution is 6.15. The van der Waals surface area contributed by atoms with Crippen LogP contribution in [-0.2, 0) is 5.41 Å². The van der Waals surface area contributed by atoms with Gasteiger partial charge in [0.1, 0.15) is 0 Å². The molecule has 1 aliphatic rings. The third-order valence-electron chi connectivity index (χ3n) is 9.96. The number of para-hydroxylation sites is 3. The minimum Gasteiger partial charge on any atom is -0.310 e. The van der Waals surface area contributed by atoms with E-state index in [2.05, 4.69) is 193 Å². The van der Waals surface area contributed by atoms with E-state index in [9.17, 15) is 0 Å². The maximum absolute atomic E-state index is 2.45. The van der Waals surface area contributed by atoms with Gasteiger partial charge in [-0.25, -0.2) is 0 Å². The average Bonchev–Trinajstić information content (AvgIpc) is 3.47. The molecule has 0 spiro atoms. The molecule has 2 heteroatoms. The smallest absolute Gasteiger partial charge is 0.0619 e. The molecule has 0 N–H and O–H groups in total. The van der Waals surface area contributed by atoms with Crippen molar-refractivity contribution in [1.29, 1.82) is 0 Å². The standard InChI is InChI=1S/C45H34N2/c1-45(2)39-20-10-13-23-42(39)46(43-24-14-11-21-40(43)45)34-25-27-35(28-26-34)47-41-22-12-9-19-36(41)38-30-33(31-15-5-3-6-16-31)29-37(44(38)47)32-17-7-4-8-18-32/h3-30H,1-2H3. The quantitative estimate of drug-likeness (QED) is 0.195. The molecular formula is C45H34N2. The lowest BCUT2D eigenvalue weighted by atomic mass is 9.73. The van der Waals surface area contributed by atoms with Gasteiger partial charge in [-0.05, 0) is 82.4 Å². The zero-order valence-corrected chi connectivity index (χ0v) is 26.6. The Morgan fingerprint density at radius 3 is 1.62 bits per heavy atom. The van der Waals surface area contributed by atoms with Crippen LogP contribution in [0.3, 0.4) is 0 Å². The van der Waals surface area contributed by atoms with Gasteiger partial charge in [0.2, 0.25) is 0 Å². The molecule has 0 unspecified atom stereocenters. The third kappa shape index (κ3) is 4.26. The molecule has 0 aliphatic carbocycles. The number of hydrogen-bond donors (Lipinski definition) is 0. The molecule has 2 nitrogen and oxygen atoms in total. The van der Waals surface area contributed by atoms with Crippen molar-refractivity contribution in [3.8, 4) is 27.9 Å². The monoisotopic (exact) mass is 602 g/mol. The number of rotatable bonds is 4. The number of aromatic nitrogens is 1. The van der Waals surface area contributed by atoms with Crippen LogP contribution in [-0.4, -0.2) is 4.57 Å². The van der Waals surface area contributed by atoms with Gasteiger partial charge in [-0.1, -0.05) is 129 Å². The maximum Gasteiger partial charge on any atom is 0.0619 e. The summed E-state index contributed by atoms with van der Waals surface area (Å²) in [5.41, 5.74) is 14.7. The van der Waals surface area contributed by atoms with Gasteiger partial charge in [0.15, 0.2) is 0 Å². The van der Waals surface area contributed by atoms with Crippen molar-refractivity contribution in [3.63, 3.8) is 0 Å². The molecule has 2 heterocycles. The Balaban J connectivity index is 1.27. The Hall–Kier alpha value is -5.86. The number of benzene rings is 7. The van der Waals surface area contributed by atoms with E-state index in [-0.39, 0.29) is 5.41 Å². The van der Waals surface area contributed by atoms with Gasteiger partial charge in [-0.3, -0.25) is 0 Å². The topological polar surface area (TPSA) is 8.17 Å². The largest absolute Gasteiger partial charge is 0.310 e. The molecule has 0 radical (unpaired) electrons. The van der Waals surface area contributed by atoms with Crippen molar-refractivity contribution in [2.75, 3.05) is 4.90 Å². The molecule has 1 aliphatic heterocycles. The van der Waals surface area contributed by atoms with E-state index in [4.69, 9.17) is 0 Å². The van der Waals surface area contributed by atoms with Crippen LogP contribution in [0.15, 0.2) is 170 Å².